The molecule has 0 spiro atoms. The first kappa shape index (κ1) is 19.0. The van der Waals surface area contributed by atoms with Crippen LogP contribution in [0.1, 0.15) is 48.9 Å². The van der Waals surface area contributed by atoms with Crippen molar-refractivity contribution in [2.45, 2.75) is 38.5 Å². The highest BCUT2D eigenvalue weighted by atomic mass is 16.5. The molecule has 0 radical (unpaired) electrons. The molecule has 1 aromatic rings. The molecule has 0 aromatic heterocycles. The van der Waals surface area contributed by atoms with Crippen LogP contribution in [-0.4, -0.2) is 44.1 Å². The lowest BCUT2D eigenvalue weighted by Crippen LogP contribution is -2.34. The van der Waals surface area contributed by atoms with E-state index in [2.05, 4.69) is 6.08 Å². The zero-order valence-electron chi connectivity index (χ0n) is 15.1. The van der Waals surface area contributed by atoms with Gasteiger partial charge in [-0.3, -0.25) is 9.59 Å². The first-order valence-corrected chi connectivity index (χ1v) is 8.82. The van der Waals surface area contributed by atoms with Crippen LogP contribution in [0, 0.1) is 0 Å². The second kappa shape index (κ2) is 9.87. The number of esters is 1. The van der Waals surface area contributed by atoms with E-state index in [1.54, 1.807) is 36.3 Å². The summed E-state index contributed by atoms with van der Waals surface area (Å²) < 4.78 is 9.84. The van der Waals surface area contributed by atoms with Gasteiger partial charge in [0.15, 0.2) is 0 Å². The van der Waals surface area contributed by atoms with E-state index in [1.807, 2.05) is 0 Å². The Labute approximate surface area is 149 Å². The van der Waals surface area contributed by atoms with E-state index >= 15 is 0 Å². The van der Waals surface area contributed by atoms with Crippen LogP contribution < -0.4 is 4.74 Å². The molecule has 1 amide bonds. The summed E-state index contributed by atoms with van der Waals surface area (Å²) in [6.07, 6.45) is 8.08. The number of nitrogens with zero attached hydrogens (tertiary/aromatic N) is 1. The minimum atomic E-state index is -0.301. The van der Waals surface area contributed by atoms with E-state index in [1.165, 1.54) is 25.5 Å². The number of benzene rings is 1. The van der Waals surface area contributed by atoms with Gasteiger partial charge in [-0.25, -0.2) is 0 Å². The minimum absolute atomic E-state index is 0.0667. The van der Waals surface area contributed by atoms with Crippen molar-refractivity contribution in [2.24, 2.45) is 0 Å². The van der Waals surface area contributed by atoms with Crippen molar-refractivity contribution in [3.8, 4) is 5.75 Å². The Morgan fingerprint density at radius 1 is 1.08 bits per heavy atom. The molecular weight excluding hydrogens is 318 g/mol. The highest BCUT2D eigenvalue weighted by molar-refractivity contribution is 5.94. The molecule has 0 N–H and O–H groups in total. The summed E-state index contributed by atoms with van der Waals surface area (Å²) in [5.41, 5.74) is 2.01. The molecule has 1 aliphatic carbocycles. The van der Waals surface area contributed by atoms with Gasteiger partial charge in [0.1, 0.15) is 5.75 Å². The molecule has 0 atom stereocenters. The van der Waals surface area contributed by atoms with Crippen molar-refractivity contribution in [1.82, 2.24) is 4.90 Å². The summed E-state index contributed by atoms with van der Waals surface area (Å²) in [6.45, 7) is 0.985. The Bertz CT molecular complexity index is 607. The molecule has 0 unspecified atom stereocenters. The predicted molar refractivity (Wildman–Crippen MR) is 96.7 cm³/mol. The second-order valence-electron chi connectivity index (χ2n) is 6.20. The molecule has 0 heterocycles. The van der Waals surface area contributed by atoms with E-state index in [9.17, 15) is 9.59 Å². The number of hydrogen-bond donors (Lipinski definition) is 0. The maximum atomic E-state index is 12.8. The topological polar surface area (TPSA) is 55.8 Å². The molecule has 5 nitrogen and oxygen atoms in total. The lowest BCUT2D eigenvalue weighted by molar-refractivity contribution is -0.140. The van der Waals surface area contributed by atoms with Crippen LogP contribution in [0.5, 0.6) is 5.75 Å². The van der Waals surface area contributed by atoms with Crippen LogP contribution in [0.2, 0.25) is 0 Å². The second-order valence-corrected chi connectivity index (χ2v) is 6.20. The highest BCUT2D eigenvalue weighted by Crippen LogP contribution is 2.21. The Kier molecular flexibility index (Phi) is 7.51. The van der Waals surface area contributed by atoms with Crippen LogP contribution in [0.4, 0.5) is 0 Å². The predicted octanol–water partition coefficient (Wildman–Crippen LogP) is 3.59. The summed E-state index contributed by atoms with van der Waals surface area (Å²) in [5.74, 6) is 0.345. The Hall–Kier alpha value is -2.30. The molecule has 0 saturated carbocycles. The van der Waals surface area contributed by atoms with Crippen molar-refractivity contribution >= 4 is 11.9 Å². The van der Waals surface area contributed by atoms with Gasteiger partial charge >= 0.3 is 5.97 Å². The van der Waals surface area contributed by atoms with Gasteiger partial charge in [-0.1, -0.05) is 11.6 Å². The molecule has 5 heteroatoms. The summed E-state index contributed by atoms with van der Waals surface area (Å²) in [4.78, 5) is 26.1. The molecule has 136 valence electrons. The molecule has 0 saturated heterocycles. The van der Waals surface area contributed by atoms with Gasteiger partial charge in [-0.2, -0.15) is 0 Å². The first-order chi connectivity index (χ1) is 12.1. The van der Waals surface area contributed by atoms with Crippen LogP contribution in [0.3, 0.4) is 0 Å². The fraction of sp³-hybridized carbons (Fsp3) is 0.500. The lowest BCUT2D eigenvalue weighted by Gasteiger charge is -2.24. The molecule has 2 rings (SSSR count). The van der Waals surface area contributed by atoms with Crippen LogP contribution in [0.15, 0.2) is 35.9 Å². The fourth-order valence-electron chi connectivity index (χ4n) is 2.97. The molecule has 0 bridgehead atoms. The summed E-state index contributed by atoms with van der Waals surface area (Å²) >= 11 is 0. The zero-order valence-corrected chi connectivity index (χ0v) is 15.1. The van der Waals surface area contributed by atoms with E-state index in [4.69, 9.17) is 9.47 Å². The fourth-order valence-corrected chi connectivity index (χ4v) is 2.97. The number of ether oxygens (including phenoxy) is 2. The maximum Gasteiger partial charge on any atom is 0.307 e. The van der Waals surface area contributed by atoms with E-state index in [0.717, 1.165) is 19.3 Å². The van der Waals surface area contributed by atoms with Crippen LogP contribution >= 0.6 is 0 Å². The van der Waals surface area contributed by atoms with Crippen molar-refractivity contribution in [3.63, 3.8) is 0 Å². The average molecular weight is 345 g/mol. The quantitative estimate of drug-likeness (QED) is 0.534. The zero-order chi connectivity index (χ0) is 18.1. The number of rotatable bonds is 8. The van der Waals surface area contributed by atoms with Gasteiger partial charge in [0.2, 0.25) is 0 Å². The van der Waals surface area contributed by atoms with Gasteiger partial charge < -0.3 is 14.4 Å². The lowest BCUT2D eigenvalue weighted by atomic mass is 9.97. The summed E-state index contributed by atoms with van der Waals surface area (Å²) in [7, 11) is 2.96. The smallest absolute Gasteiger partial charge is 0.307 e. The molecular formula is C20H27NO4. The first-order valence-electron chi connectivity index (χ1n) is 8.82. The monoisotopic (exact) mass is 345 g/mol. The van der Waals surface area contributed by atoms with Gasteiger partial charge in [0.05, 0.1) is 20.6 Å². The van der Waals surface area contributed by atoms with Crippen LogP contribution in [0.25, 0.3) is 0 Å². The van der Waals surface area contributed by atoms with Gasteiger partial charge in [-0.15, -0.1) is 0 Å². The molecule has 1 aromatic carbocycles. The Morgan fingerprint density at radius 2 is 1.84 bits per heavy atom. The summed E-state index contributed by atoms with van der Waals surface area (Å²) in [5, 5.41) is 0. The van der Waals surface area contributed by atoms with Crippen molar-refractivity contribution in [2.75, 3.05) is 27.3 Å². The number of allylic oxidation sites excluding steroid dienone is 1. The van der Waals surface area contributed by atoms with Crippen molar-refractivity contribution < 1.29 is 19.1 Å². The Balaban J connectivity index is 2.03. The van der Waals surface area contributed by atoms with Crippen LogP contribution in [-0.2, 0) is 9.53 Å². The number of methoxy groups -OCH3 is 2. The van der Waals surface area contributed by atoms with Gasteiger partial charge in [0.25, 0.3) is 5.91 Å². The molecule has 0 aliphatic heterocycles. The molecule has 0 fully saturated rings. The summed E-state index contributed by atoms with van der Waals surface area (Å²) in [6, 6.07) is 7.06. The highest BCUT2D eigenvalue weighted by Gasteiger charge is 2.18. The van der Waals surface area contributed by atoms with E-state index < -0.39 is 0 Å². The van der Waals surface area contributed by atoms with Crippen molar-refractivity contribution in [3.05, 3.63) is 41.5 Å². The van der Waals surface area contributed by atoms with Crippen molar-refractivity contribution in [1.29, 1.82) is 0 Å². The molecule has 1 aliphatic rings. The maximum absolute atomic E-state index is 12.8. The van der Waals surface area contributed by atoms with E-state index in [-0.39, 0.29) is 18.3 Å². The van der Waals surface area contributed by atoms with Gasteiger partial charge in [0, 0.05) is 18.7 Å². The number of amides is 1. The SMILES string of the molecule is COC(=O)CCN(CCC1=CCCCC1)C(=O)c1ccc(OC)cc1. The normalized spacial score (nSPS) is 13.8. The third kappa shape index (κ3) is 5.93. The molecule has 25 heavy (non-hydrogen) atoms. The number of hydrogen-bond acceptors (Lipinski definition) is 4. The third-order valence-corrected chi connectivity index (χ3v) is 4.53. The minimum Gasteiger partial charge on any atom is -0.497 e. The largest absolute Gasteiger partial charge is 0.497 e. The standard InChI is InChI=1S/C20H27NO4/c1-24-18-10-8-17(9-11-18)20(23)21(15-13-19(22)25-2)14-12-16-6-4-3-5-7-16/h6,8-11H,3-5,7,12-15H2,1-2H3. The Morgan fingerprint density at radius 3 is 2.44 bits per heavy atom. The van der Waals surface area contributed by atoms with E-state index in [0.29, 0.717) is 24.4 Å². The van der Waals surface area contributed by atoms with Gasteiger partial charge in [-0.05, 0) is 56.4 Å². The average Bonchev–Trinajstić information content (AvgIpc) is 2.68. The third-order valence-electron chi connectivity index (χ3n) is 4.53. The number of carbonyl (C=O) groups excluding carboxylic acids is 2. The number of carbonyl (C=O) groups is 2.